The highest BCUT2D eigenvalue weighted by Crippen LogP contribution is 1.83. The van der Waals surface area contributed by atoms with Gasteiger partial charge in [0.2, 0.25) is 0 Å². The van der Waals surface area contributed by atoms with Crippen LogP contribution in [0, 0.1) is 6.92 Å². The van der Waals surface area contributed by atoms with Crippen LogP contribution in [0.1, 0.15) is 5.56 Å². The standard InChI is InChI=1S/C6H8N2O/c1-5-3-2-4-8(7)6(5)9/h2-4H,7H2,1H3. The van der Waals surface area contributed by atoms with Gasteiger partial charge < -0.3 is 5.84 Å². The maximum Gasteiger partial charge on any atom is 0.271 e. The predicted molar refractivity (Wildman–Crippen MR) is 35.6 cm³/mol. The first-order valence-electron chi connectivity index (χ1n) is 2.65. The summed E-state index contributed by atoms with van der Waals surface area (Å²) >= 11 is 0. The first kappa shape index (κ1) is 5.88. The van der Waals surface area contributed by atoms with Gasteiger partial charge in [-0.25, -0.2) is 4.68 Å². The lowest BCUT2D eigenvalue weighted by Gasteiger charge is -1.94. The summed E-state index contributed by atoms with van der Waals surface area (Å²) in [6, 6.07) is 3.46. The molecule has 0 aliphatic heterocycles. The van der Waals surface area contributed by atoms with Gasteiger partial charge in [0.1, 0.15) is 0 Å². The van der Waals surface area contributed by atoms with Crippen LogP contribution in [0.3, 0.4) is 0 Å². The molecule has 2 N–H and O–H groups in total. The van der Waals surface area contributed by atoms with E-state index in [0.29, 0.717) is 5.56 Å². The summed E-state index contributed by atoms with van der Waals surface area (Å²) in [7, 11) is 0. The van der Waals surface area contributed by atoms with E-state index >= 15 is 0 Å². The quantitative estimate of drug-likeness (QED) is 0.490. The molecule has 0 aliphatic carbocycles. The number of aryl methyl sites for hydroxylation is 1. The molecule has 0 unspecified atom stereocenters. The van der Waals surface area contributed by atoms with E-state index in [-0.39, 0.29) is 5.56 Å². The van der Waals surface area contributed by atoms with Crippen LogP contribution in [0.4, 0.5) is 0 Å². The van der Waals surface area contributed by atoms with E-state index in [1.54, 1.807) is 19.1 Å². The smallest absolute Gasteiger partial charge is 0.271 e. The molecule has 0 atom stereocenters. The van der Waals surface area contributed by atoms with Gasteiger partial charge in [-0.05, 0) is 13.0 Å². The summed E-state index contributed by atoms with van der Waals surface area (Å²) in [5.74, 6) is 5.22. The van der Waals surface area contributed by atoms with Gasteiger partial charge in [-0.15, -0.1) is 0 Å². The van der Waals surface area contributed by atoms with E-state index in [2.05, 4.69) is 0 Å². The molecular weight excluding hydrogens is 116 g/mol. The molecule has 1 heterocycles. The van der Waals surface area contributed by atoms with Crippen LogP contribution in [0.2, 0.25) is 0 Å². The fraction of sp³-hybridized carbons (Fsp3) is 0.167. The second-order valence-electron chi connectivity index (χ2n) is 1.90. The fourth-order valence-corrected chi connectivity index (χ4v) is 0.623. The van der Waals surface area contributed by atoms with Gasteiger partial charge in [0.25, 0.3) is 5.56 Å². The van der Waals surface area contributed by atoms with Crippen molar-refractivity contribution in [3.05, 3.63) is 34.2 Å². The van der Waals surface area contributed by atoms with Crippen molar-refractivity contribution in [2.24, 2.45) is 0 Å². The van der Waals surface area contributed by atoms with Gasteiger partial charge in [-0.1, -0.05) is 6.07 Å². The molecule has 3 heteroatoms. The van der Waals surface area contributed by atoms with Crippen LogP contribution >= 0.6 is 0 Å². The number of hydrogen-bond donors (Lipinski definition) is 1. The van der Waals surface area contributed by atoms with Gasteiger partial charge in [0, 0.05) is 11.8 Å². The summed E-state index contributed by atoms with van der Waals surface area (Å²) in [5.41, 5.74) is 0.525. The number of nitrogens with two attached hydrogens (primary N) is 1. The molecule has 0 bridgehead atoms. The van der Waals surface area contributed by atoms with Gasteiger partial charge in [0.15, 0.2) is 0 Å². The molecule has 9 heavy (non-hydrogen) atoms. The Kier molecular flexibility index (Phi) is 1.26. The van der Waals surface area contributed by atoms with Crippen molar-refractivity contribution >= 4 is 0 Å². The average molecular weight is 124 g/mol. The van der Waals surface area contributed by atoms with Crippen molar-refractivity contribution in [1.29, 1.82) is 0 Å². The molecule has 0 aromatic carbocycles. The van der Waals surface area contributed by atoms with Crippen LogP contribution in [0.15, 0.2) is 23.1 Å². The van der Waals surface area contributed by atoms with E-state index in [0.717, 1.165) is 4.68 Å². The zero-order chi connectivity index (χ0) is 6.85. The van der Waals surface area contributed by atoms with Gasteiger partial charge >= 0.3 is 0 Å². The Hall–Kier alpha value is -1.25. The van der Waals surface area contributed by atoms with E-state index in [1.807, 2.05) is 0 Å². The first-order valence-corrected chi connectivity index (χ1v) is 2.65. The molecule has 0 saturated heterocycles. The van der Waals surface area contributed by atoms with Crippen LogP contribution in [0.5, 0.6) is 0 Å². The Bertz CT molecular complexity index is 241. The van der Waals surface area contributed by atoms with Crippen molar-refractivity contribution in [3.63, 3.8) is 0 Å². The summed E-state index contributed by atoms with van der Waals surface area (Å²) in [6.45, 7) is 1.73. The monoisotopic (exact) mass is 124 g/mol. The number of rotatable bonds is 0. The second-order valence-corrected chi connectivity index (χ2v) is 1.90. The highest BCUT2D eigenvalue weighted by atomic mass is 16.1. The van der Waals surface area contributed by atoms with Crippen LogP contribution in [0.25, 0.3) is 0 Å². The van der Waals surface area contributed by atoms with Crippen molar-refractivity contribution in [2.45, 2.75) is 6.92 Å². The van der Waals surface area contributed by atoms with E-state index in [4.69, 9.17) is 5.84 Å². The van der Waals surface area contributed by atoms with Crippen LogP contribution in [-0.4, -0.2) is 4.68 Å². The minimum atomic E-state index is -0.141. The van der Waals surface area contributed by atoms with Gasteiger partial charge in [-0.2, -0.15) is 0 Å². The first-order chi connectivity index (χ1) is 4.22. The third-order valence-electron chi connectivity index (χ3n) is 1.16. The Balaban J connectivity index is 3.43. The molecule has 0 amide bonds. The Labute approximate surface area is 52.7 Å². The Morgan fingerprint density at radius 2 is 2.33 bits per heavy atom. The molecular formula is C6H8N2O. The van der Waals surface area contributed by atoms with Crippen LogP contribution in [-0.2, 0) is 0 Å². The normalized spacial score (nSPS) is 9.44. The molecule has 0 saturated carbocycles. The summed E-state index contributed by atoms with van der Waals surface area (Å²) in [5, 5.41) is 0. The average Bonchev–Trinajstić information content (AvgIpc) is 1.83. The molecule has 0 spiro atoms. The lowest BCUT2D eigenvalue weighted by Crippen LogP contribution is -2.27. The zero-order valence-electron chi connectivity index (χ0n) is 5.16. The lowest BCUT2D eigenvalue weighted by atomic mass is 10.3. The van der Waals surface area contributed by atoms with Gasteiger partial charge in [-0.3, -0.25) is 4.79 Å². The molecule has 3 nitrogen and oxygen atoms in total. The lowest BCUT2D eigenvalue weighted by molar-refractivity contribution is 0.921. The van der Waals surface area contributed by atoms with Crippen molar-refractivity contribution in [2.75, 3.05) is 5.84 Å². The maximum absolute atomic E-state index is 10.8. The highest BCUT2D eigenvalue weighted by molar-refractivity contribution is 5.07. The number of pyridine rings is 1. The molecule has 1 aromatic heterocycles. The van der Waals surface area contributed by atoms with E-state index in [9.17, 15) is 4.79 Å². The summed E-state index contributed by atoms with van der Waals surface area (Å²) in [4.78, 5) is 10.8. The number of nitrogen functional groups attached to an aromatic ring is 1. The van der Waals surface area contributed by atoms with Crippen molar-refractivity contribution in [1.82, 2.24) is 4.68 Å². The van der Waals surface area contributed by atoms with E-state index < -0.39 is 0 Å². The number of aromatic nitrogens is 1. The molecule has 1 aromatic rings. The van der Waals surface area contributed by atoms with Crippen molar-refractivity contribution < 1.29 is 0 Å². The third-order valence-corrected chi connectivity index (χ3v) is 1.16. The summed E-state index contributed by atoms with van der Waals surface area (Å²) in [6.07, 6.45) is 1.52. The minimum Gasteiger partial charge on any atom is -0.336 e. The third kappa shape index (κ3) is 0.937. The minimum absolute atomic E-state index is 0.141. The Morgan fingerprint density at radius 1 is 1.67 bits per heavy atom. The number of hydrogen-bond acceptors (Lipinski definition) is 2. The maximum atomic E-state index is 10.8. The SMILES string of the molecule is Cc1cccn(N)c1=O. The fourth-order valence-electron chi connectivity index (χ4n) is 0.623. The Morgan fingerprint density at radius 3 is 2.78 bits per heavy atom. The molecule has 0 aliphatic rings. The number of nitrogens with zero attached hydrogens (tertiary/aromatic N) is 1. The zero-order valence-corrected chi connectivity index (χ0v) is 5.16. The molecule has 1 rings (SSSR count). The largest absolute Gasteiger partial charge is 0.336 e. The summed E-state index contributed by atoms with van der Waals surface area (Å²) < 4.78 is 1.06. The molecule has 48 valence electrons. The predicted octanol–water partition coefficient (Wildman–Crippen LogP) is -0.129. The van der Waals surface area contributed by atoms with Crippen molar-refractivity contribution in [3.8, 4) is 0 Å². The van der Waals surface area contributed by atoms with Crippen LogP contribution < -0.4 is 11.4 Å². The molecule has 0 fully saturated rings. The highest BCUT2D eigenvalue weighted by Gasteiger charge is 1.90. The van der Waals surface area contributed by atoms with Gasteiger partial charge in [0.05, 0.1) is 0 Å². The topological polar surface area (TPSA) is 48.0 Å². The van der Waals surface area contributed by atoms with E-state index in [1.165, 1.54) is 6.20 Å². The molecule has 0 radical (unpaired) electrons. The second kappa shape index (κ2) is 1.93.